The summed E-state index contributed by atoms with van der Waals surface area (Å²) in [6.45, 7) is 0. The molecule has 12 rings (SSSR count). The molecule has 0 saturated heterocycles. The van der Waals surface area contributed by atoms with Crippen LogP contribution in [0.3, 0.4) is 0 Å². The Kier molecular flexibility index (Phi) is 6.83. The molecular weight excluding hydrogens is 701 g/mol. The van der Waals surface area contributed by atoms with Gasteiger partial charge in [-0.2, -0.15) is 0 Å². The van der Waals surface area contributed by atoms with Crippen LogP contribution in [0.25, 0.3) is 117 Å². The van der Waals surface area contributed by atoms with E-state index in [0.29, 0.717) is 17.5 Å². The van der Waals surface area contributed by atoms with Crippen LogP contribution in [-0.2, 0) is 0 Å². The Morgan fingerprint density at radius 1 is 0.333 bits per heavy atom. The van der Waals surface area contributed by atoms with E-state index in [2.05, 4.69) is 132 Å². The fraction of sp³-hybridized carbons (Fsp3) is 0. The summed E-state index contributed by atoms with van der Waals surface area (Å²) in [5.41, 5.74) is 11.6. The standard InChI is InChI=1S/C51H30N4O2/c1-3-13-31(14-4-1)49-52-50(54-51(53-49)39-20-11-22-42-47(39)37-17-7-9-21-41(37)55(42)34-15-5-2-6-16-34)33-25-27-36-40-29-32(26-28-44(40)57-46(36)30-33)35-19-12-24-45-48(35)38-18-8-10-23-43(38)56-45/h1-30H. The van der Waals surface area contributed by atoms with Gasteiger partial charge in [0, 0.05) is 54.7 Å². The van der Waals surface area contributed by atoms with E-state index in [9.17, 15) is 0 Å². The number of benzene rings is 8. The molecule has 0 aliphatic rings. The van der Waals surface area contributed by atoms with Gasteiger partial charge in [-0.1, -0.05) is 121 Å². The zero-order chi connectivity index (χ0) is 37.5. The number of hydrogen-bond acceptors (Lipinski definition) is 5. The number of aromatic nitrogens is 4. The van der Waals surface area contributed by atoms with Crippen LogP contribution in [-0.4, -0.2) is 19.5 Å². The minimum Gasteiger partial charge on any atom is -0.456 e. The molecule has 57 heavy (non-hydrogen) atoms. The van der Waals surface area contributed by atoms with Crippen LogP contribution >= 0.6 is 0 Å². The SMILES string of the molecule is c1ccc(-c2nc(-c3ccc4c(c3)oc3ccc(-c5cccc6oc7ccccc7c56)cc34)nc(-c3cccc4c3c3ccccc3n4-c3ccccc3)n2)cc1. The van der Waals surface area contributed by atoms with Gasteiger partial charge in [0.25, 0.3) is 0 Å². The number of nitrogens with zero attached hydrogens (tertiary/aromatic N) is 4. The Bertz CT molecular complexity index is 3530. The molecule has 0 atom stereocenters. The van der Waals surface area contributed by atoms with Gasteiger partial charge in [-0.25, -0.2) is 15.0 Å². The van der Waals surface area contributed by atoms with Crippen molar-refractivity contribution in [2.75, 3.05) is 0 Å². The molecule has 0 unspecified atom stereocenters. The Morgan fingerprint density at radius 2 is 0.965 bits per heavy atom. The van der Waals surface area contributed by atoms with Crippen LogP contribution in [0.1, 0.15) is 0 Å². The Hall–Kier alpha value is -7.83. The zero-order valence-corrected chi connectivity index (χ0v) is 30.4. The first-order valence-electron chi connectivity index (χ1n) is 19.0. The number of furan rings is 2. The maximum Gasteiger partial charge on any atom is 0.164 e. The lowest BCUT2D eigenvalue weighted by molar-refractivity contribution is 0.669. The molecule has 4 aromatic heterocycles. The highest BCUT2D eigenvalue weighted by molar-refractivity contribution is 6.16. The fourth-order valence-corrected chi connectivity index (χ4v) is 8.50. The largest absolute Gasteiger partial charge is 0.456 e. The van der Waals surface area contributed by atoms with Crippen LogP contribution in [0.15, 0.2) is 191 Å². The molecule has 0 saturated carbocycles. The van der Waals surface area contributed by atoms with Gasteiger partial charge in [-0.3, -0.25) is 0 Å². The van der Waals surface area contributed by atoms with Gasteiger partial charge in [0.15, 0.2) is 17.5 Å². The highest BCUT2D eigenvalue weighted by Gasteiger charge is 2.21. The zero-order valence-electron chi connectivity index (χ0n) is 30.4. The van der Waals surface area contributed by atoms with Gasteiger partial charge >= 0.3 is 0 Å². The summed E-state index contributed by atoms with van der Waals surface area (Å²) in [5, 5.41) is 6.51. The van der Waals surface area contributed by atoms with E-state index in [-0.39, 0.29) is 0 Å². The highest BCUT2D eigenvalue weighted by atomic mass is 16.3. The summed E-state index contributed by atoms with van der Waals surface area (Å²) in [7, 11) is 0. The summed E-state index contributed by atoms with van der Waals surface area (Å²) in [6, 6.07) is 62.6. The van der Waals surface area contributed by atoms with E-state index >= 15 is 0 Å². The minimum absolute atomic E-state index is 0.573. The first-order valence-corrected chi connectivity index (χ1v) is 19.0. The van der Waals surface area contributed by atoms with Gasteiger partial charge < -0.3 is 13.4 Å². The van der Waals surface area contributed by atoms with Crippen molar-refractivity contribution < 1.29 is 8.83 Å². The number of para-hydroxylation sites is 3. The Labute approximate surface area is 325 Å². The van der Waals surface area contributed by atoms with Gasteiger partial charge in [0.1, 0.15) is 22.3 Å². The maximum atomic E-state index is 6.54. The predicted molar refractivity (Wildman–Crippen MR) is 230 cm³/mol. The second-order valence-corrected chi connectivity index (χ2v) is 14.4. The third-order valence-electron chi connectivity index (χ3n) is 11.1. The van der Waals surface area contributed by atoms with Crippen molar-refractivity contribution >= 4 is 65.7 Å². The summed E-state index contributed by atoms with van der Waals surface area (Å²) < 4.78 is 15.1. The van der Waals surface area contributed by atoms with Crippen molar-refractivity contribution in [1.82, 2.24) is 19.5 Å². The van der Waals surface area contributed by atoms with Crippen molar-refractivity contribution in [2.24, 2.45) is 0 Å². The van der Waals surface area contributed by atoms with Crippen LogP contribution in [0.4, 0.5) is 0 Å². The molecule has 12 aromatic rings. The predicted octanol–water partition coefficient (Wildman–Crippen LogP) is 13.4. The molecule has 0 radical (unpaired) electrons. The van der Waals surface area contributed by atoms with Crippen LogP contribution < -0.4 is 0 Å². The van der Waals surface area contributed by atoms with E-state index in [1.807, 2.05) is 54.6 Å². The summed E-state index contributed by atoms with van der Waals surface area (Å²) in [5.74, 6) is 1.79. The summed E-state index contributed by atoms with van der Waals surface area (Å²) in [4.78, 5) is 15.4. The van der Waals surface area contributed by atoms with Crippen molar-refractivity contribution in [3.8, 4) is 51.0 Å². The quantitative estimate of drug-likeness (QED) is 0.176. The molecule has 0 fully saturated rings. The van der Waals surface area contributed by atoms with Gasteiger partial charge in [-0.05, 0) is 71.8 Å². The molecule has 8 aromatic carbocycles. The number of hydrogen-bond donors (Lipinski definition) is 0. The van der Waals surface area contributed by atoms with Gasteiger partial charge in [0.2, 0.25) is 0 Å². The van der Waals surface area contributed by atoms with E-state index < -0.39 is 0 Å². The monoisotopic (exact) mass is 730 g/mol. The van der Waals surface area contributed by atoms with Gasteiger partial charge in [-0.15, -0.1) is 0 Å². The molecular formula is C51H30N4O2. The van der Waals surface area contributed by atoms with Gasteiger partial charge in [0.05, 0.1) is 11.0 Å². The summed E-state index contributed by atoms with van der Waals surface area (Å²) >= 11 is 0. The lowest BCUT2D eigenvalue weighted by Crippen LogP contribution is -2.00. The second kappa shape index (κ2) is 12.3. The molecule has 266 valence electrons. The fourth-order valence-electron chi connectivity index (χ4n) is 8.50. The molecule has 6 heteroatoms. The Balaban J connectivity index is 1.03. The molecule has 0 spiro atoms. The van der Waals surface area contributed by atoms with Crippen LogP contribution in [0.2, 0.25) is 0 Å². The van der Waals surface area contributed by atoms with Crippen molar-refractivity contribution in [2.45, 2.75) is 0 Å². The average molecular weight is 731 g/mol. The molecule has 0 aliphatic heterocycles. The minimum atomic E-state index is 0.573. The number of rotatable bonds is 5. The number of fused-ring (bicyclic) bond motifs is 9. The first kappa shape index (κ1) is 31.5. The second-order valence-electron chi connectivity index (χ2n) is 14.4. The maximum absolute atomic E-state index is 6.54. The molecule has 4 heterocycles. The van der Waals surface area contributed by atoms with E-state index in [0.717, 1.165) is 99.2 Å². The van der Waals surface area contributed by atoms with Crippen molar-refractivity contribution in [3.05, 3.63) is 182 Å². The van der Waals surface area contributed by atoms with Crippen LogP contribution in [0.5, 0.6) is 0 Å². The summed E-state index contributed by atoms with van der Waals surface area (Å²) in [6.07, 6.45) is 0. The molecule has 0 bridgehead atoms. The average Bonchev–Trinajstić information content (AvgIpc) is 3.96. The lowest BCUT2D eigenvalue weighted by atomic mass is 9.98. The lowest BCUT2D eigenvalue weighted by Gasteiger charge is -2.10. The first-order chi connectivity index (χ1) is 28.2. The van der Waals surface area contributed by atoms with Crippen molar-refractivity contribution in [1.29, 1.82) is 0 Å². The highest BCUT2D eigenvalue weighted by Crippen LogP contribution is 2.41. The molecule has 0 aliphatic carbocycles. The molecule has 0 N–H and O–H groups in total. The third kappa shape index (κ3) is 4.94. The van der Waals surface area contributed by atoms with E-state index in [1.54, 1.807) is 0 Å². The van der Waals surface area contributed by atoms with E-state index in [4.69, 9.17) is 23.8 Å². The smallest absolute Gasteiger partial charge is 0.164 e. The third-order valence-corrected chi connectivity index (χ3v) is 11.1. The van der Waals surface area contributed by atoms with Crippen LogP contribution in [0, 0.1) is 0 Å². The topological polar surface area (TPSA) is 69.9 Å². The molecule has 6 nitrogen and oxygen atoms in total. The Morgan fingerprint density at radius 3 is 1.84 bits per heavy atom. The van der Waals surface area contributed by atoms with E-state index in [1.165, 1.54) is 0 Å². The van der Waals surface area contributed by atoms with Crippen molar-refractivity contribution in [3.63, 3.8) is 0 Å². The normalized spacial score (nSPS) is 11.9. The molecule has 0 amide bonds.